The summed E-state index contributed by atoms with van der Waals surface area (Å²) in [6.45, 7) is 0. The number of rotatable bonds is 6. The molecule has 0 aliphatic heterocycles. The average Bonchev–Trinajstić information content (AvgIpc) is 3.21. The lowest BCUT2D eigenvalue weighted by Crippen LogP contribution is -1.96. The molecule has 0 aliphatic rings. The summed E-state index contributed by atoms with van der Waals surface area (Å²) in [5, 5.41) is 3.31. The predicted molar refractivity (Wildman–Crippen MR) is 205 cm³/mol. The van der Waals surface area contributed by atoms with Gasteiger partial charge in [0.05, 0.1) is 22.6 Å². The first-order valence-corrected chi connectivity index (χ1v) is 16.7. The fraction of sp³-hybridized carbons (Fsp3) is 0. The van der Waals surface area contributed by atoms with E-state index < -0.39 is 0 Å². The largest absolute Gasteiger partial charge is 0.228 e. The van der Waals surface area contributed by atoms with Gasteiger partial charge in [0, 0.05) is 38.6 Å². The quantitative estimate of drug-likeness (QED) is 0.170. The van der Waals surface area contributed by atoms with Gasteiger partial charge in [-0.15, -0.1) is 0 Å². The SMILES string of the molecule is c1ccc(-c2cc(-c3cccc(-c4ccc(-c5nc(-c6ccccc6)nc6c5ccc5ccccc56)cc4)c3)nc(-c3ccccc3)n2)cc1. The first kappa shape index (κ1) is 29.4. The molecule has 4 heteroatoms. The van der Waals surface area contributed by atoms with Crippen LogP contribution in [0.3, 0.4) is 0 Å². The van der Waals surface area contributed by atoms with E-state index in [-0.39, 0.29) is 0 Å². The van der Waals surface area contributed by atoms with Crippen molar-refractivity contribution < 1.29 is 0 Å². The lowest BCUT2D eigenvalue weighted by atomic mass is 9.97. The van der Waals surface area contributed by atoms with Gasteiger partial charge in [-0.05, 0) is 34.7 Å². The maximum atomic E-state index is 5.15. The van der Waals surface area contributed by atoms with E-state index in [1.807, 2.05) is 54.6 Å². The molecule has 0 spiro atoms. The molecular weight excluding hydrogens is 609 g/mol. The van der Waals surface area contributed by atoms with Gasteiger partial charge in [-0.3, -0.25) is 0 Å². The molecule has 0 N–H and O–H groups in total. The second kappa shape index (κ2) is 12.7. The van der Waals surface area contributed by atoms with Crippen LogP contribution in [0.15, 0.2) is 182 Å². The number of hydrogen-bond acceptors (Lipinski definition) is 4. The van der Waals surface area contributed by atoms with Crippen LogP contribution in [0.1, 0.15) is 0 Å². The Kier molecular flexibility index (Phi) is 7.45. The molecule has 0 radical (unpaired) electrons. The summed E-state index contributed by atoms with van der Waals surface area (Å²) in [6, 6.07) is 62.7. The fourth-order valence-electron chi connectivity index (χ4n) is 6.55. The van der Waals surface area contributed by atoms with E-state index in [9.17, 15) is 0 Å². The smallest absolute Gasteiger partial charge is 0.160 e. The van der Waals surface area contributed by atoms with E-state index in [2.05, 4.69) is 127 Å². The zero-order chi connectivity index (χ0) is 33.3. The standard InChI is InChI=1S/C46H30N4/c1-4-14-33(15-5-1)41-30-42(48-45(47-41)35-16-6-2-7-17-35)38-21-12-20-37(29-38)31-23-25-34(26-24-31)43-40-28-27-32-13-10-11-22-39(32)44(40)50-46(49-43)36-18-8-3-9-19-36/h1-30H. The van der Waals surface area contributed by atoms with Crippen molar-refractivity contribution in [2.24, 2.45) is 0 Å². The van der Waals surface area contributed by atoms with Gasteiger partial charge in [-0.25, -0.2) is 19.9 Å². The van der Waals surface area contributed by atoms with Crippen molar-refractivity contribution in [3.8, 4) is 67.7 Å². The number of hydrogen-bond donors (Lipinski definition) is 0. The van der Waals surface area contributed by atoms with Crippen molar-refractivity contribution in [1.29, 1.82) is 0 Å². The minimum absolute atomic E-state index is 0.705. The highest BCUT2D eigenvalue weighted by atomic mass is 14.9. The molecule has 50 heavy (non-hydrogen) atoms. The van der Waals surface area contributed by atoms with Crippen molar-refractivity contribution in [2.75, 3.05) is 0 Å². The Morgan fingerprint density at radius 2 is 0.820 bits per heavy atom. The molecule has 234 valence electrons. The summed E-state index contributed by atoms with van der Waals surface area (Å²) >= 11 is 0. The zero-order valence-corrected chi connectivity index (χ0v) is 27.1. The van der Waals surface area contributed by atoms with Crippen LogP contribution in [-0.4, -0.2) is 19.9 Å². The van der Waals surface area contributed by atoms with Crippen LogP contribution in [-0.2, 0) is 0 Å². The molecule has 0 aliphatic carbocycles. The van der Waals surface area contributed by atoms with Crippen LogP contribution in [0.5, 0.6) is 0 Å². The van der Waals surface area contributed by atoms with Gasteiger partial charge in [0.25, 0.3) is 0 Å². The van der Waals surface area contributed by atoms with E-state index in [4.69, 9.17) is 19.9 Å². The third-order valence-corrected chi connectivity index (χ3v) is 9.10. The Morgan fingerprint density at radius 1 is 0.280 bits per heavy atom. The van der Waals surface area contributed by atoms with Crippen LogP contribution in [0.25, 0.3) is 89.4 Å². The molecule has 0 saturated heterocycles. The van der Waals surface area contributed by atoms with Gasteiger partial charge in [-0.2, -0.15) is 0 Å². The molecule has 2 aromatic heterocycles. The Labute approximate surface area is 290 Å². The van der Waals surface area contributed by atoms with Crippen molar-refractivity contribution in [3.05, 3.63) is 182 Å². The number of nitrogens with zero attached hydrogens (tertiary/aromatic N) is 4. The number of aromatic nitrogens is 4. The Bertz CT molecular complexity index is 2560. The molecule has 9 aromatic rings. The van der Waals surface area contributed by atoms with Gasteiger partial charge in [-0.1, -0.05) is 164 Å². The van der Waals surface area contributed by atoms with E-state index in [1.54, 1.807) is 0 Å². The first-order chi connectivity index (χ1) is 24.8. The summed E-state index contributed by atoms with van der Waals surface area (Å²) < 4.78 is 0. The zero-order valence-electron chi connectivity index (χ0n) is 27.1. The van der Waals surface area contributed by atoms with Crippen LogP contribution in [0.4, 0.5) is 0 Å². The average molecular weight is 639 g/mol. The van der Waals surface area contributed by atoms with Gasteiger partial charge >= 0.3 is 0 Å². The maximum Gasteiger partial charge on any atom is 0.160 e. The van der Waals surface area contributed by atoms with Crippen LogP contribution >= 0.6 is 0 Å². The molecule has 0 atom stereocenters. The van der Waals surface area contributed by atoms with Crippen molar-refractivity contribution in [1.82, 2.24) is 19.9 Å². The lowest BCUT2D eigenvalue weighted by Gasteiger charge is -2.12. The van der Waals surface area contributed by atoms with Gasteiger partial charge in [0.1, 0.15) is 0 Å². The Morgan fingerprint density at radius 3 is 1.52 bits per heavy atom. The highest BCUT2D eigenvalue weighted by Crippen LogP contribution is 2.35. The van der Waals surface area contributed by atoms with Crippen LogP contribution in [0.2, 0.25) is 0 Å². The van der Waals surface area contributed by atoms with E-state index in [0.29, 0.717) is 5.82 Å². The second-order valence-electron chi connectivity index (χ2n) is 12.3. The first-order valence-electron chi connectivity index (χ1n) is 16.7. The third kappa shape index (κ3) is 5.59. The van der Waals surface area contributed by atoms with Gasteiger partial charge in [0.2, 0.25) is 0 Å². The molecule has 0 saturated carbocycles. The Balaban J connectivity index is 1.12. The van der Waals surface area contributed by atoms with E-state index in [1.165, 1.54) is 0 Å². The molecule has 0 bridgehead atoms. The predicted octanol–water partition coefficient (Wildman–Crippen LogP) is 11.6. The van der Waals surface area contributed by atoms with Crippen molar-refractivity contribution in [2.45, 2.75) is 0 Å². The summed E-state index contributed by atoms with van der Waals surface area (Å²) in [5.74, 6) is 1.42. The summed E-state index contributed by atoms with van der Waals surface area (Å²) in [4.78, 5) is 20.2. The number of fused-ring (bicyclic) bond motifs is 3. The van der Waals surface area contributed by atoms with Gasteiger partial charge in [0.15, 0.2) is 11.6 Å². The normalized spacial score (nSPS) is 11.2. The van der Waals surface area contributed by atoms with Crippen molar-refractivity contribution in [3.63, 3.8) is 0 Å². The molecular formula is C46H30N4. The molecule has 9 rings (SSSR count). The molecule has 2 heterocycles. The highest BCUT2D eigenvalue weighted by molar-refractivity contribution is 6.09. The molecule has 0 fully saturated rings. The Hall–Kier alpha value is -6.78. The van der Waals surface area contributed by atoms with Crippen LogP contribution < -0.4 is 0 Å². The lowest BCUT2D eigenvalue weighted by molar-refractivity contribution is 1.18. The second-order valence-corrected chi connectivity index (χ2v) is 12.3. The van der Waals surface area contributed by atoms with E-state index in [0.717, 1.165) is 83.5 Å². The summed E-state index contributed by atoms with van der Waals surface area (Å²) in [5.41, 5.74) is 11.0. The monoisotopic (exact) mass is 638 g/mol. The minimum atomic E-state index is 0.705. The topological polar surface area (TPSA) is 51.6 Å². The summed E-state index contributed by atoms with van der Waals surface area (Å²) in [7, 11) is 0. The third-order valence-electron chi connectivity index (χ3n) is 9.10. The van der Waals surface area contributed by atoms with E-state index >= 15 is 0 Å². The van der Waals surface area contributed by atoms with Crippen LogP contribution in [0, 0.1) is 0 Å². The maximum absolute atomic E-state index is 5.15. The summed E-state index contributed by atoms with van der Waals surface area (Å²) in [6.07, 6.45) is 0. The molecule has 7 aromatic carbocycles. The fourth-order valence-corrected chi connectivity index (χ4v) is 6.55. The highest BCUT2D eigenvalue weighted by Gasteiger charge is 2.15. The minimum Gasteiger partial charge on any atom is -0.228 e. The van der Waals surface area contributed by atoms with Crippen molar-refractivity contribution >= 4 is 21.7 Å². The molecule has 0 amide bonds. The number of benzene rings is 7. The van der Waals surface area contributed by atoms with Gasteiger partial charge < -0.3 is 0 Å². The molecule has 0 unspecified atom stereocenters. The molecule has 4 nitrogen and oxygen atoms in total.